The zero-order valence-corrected chi connectivity index (χ0v) is 12.1. The zero-order valence-electron chi connectivity index (χ0n) is 12.1. The van der Waals surface area contributed by atoms with Gasteiger partial charge in [-0.2, -0.15) is 0 Å². The van der Waals surface area contributed by atoms with Crippen molar-refractivity contribution in [2.45, 2.75) is 40.2 Å². The van der Waals surface area contributed by atoms with Gasteiger partial charge < -0.3 is 19.6 Å². The summed E-state index contributed by atoms with van der Waals surface area (Å²) in [6.45, 7) is 5.64. The summed E-state index contributed by atoms with van der Waals surface area (Å²) in [6, 6.07) is 3.54. The highest BCUT2D eigenvalue weighted by atomic mass is 16.4. The van der Waals surface area contributed by atoms with Gasteiger partial charge in [0.15, 0.2) is 0 Å². The zero-order chi connectivity index (χ0) is 15.0. The van der Waals surface area contributed by atoms with Crippen molar-refractivity contribution in [1.29, 1.82) is 0 Å². The highest BCUT2D eigenvalue weighted by molar-refractivity contribution is 5.83. The number of aliphatic carboxylic acids is 1. The first kappa shape index (κ1) is 14.6. The van der Waals surface area contributed by atoms with Gasteiger partial charge in [-0.15, -0.1) is 0 Å². The Kier molecular flexibility index (Phi) is 3.63. The number of hydrogen-bond acceptors (Lipinski definition) is 4. The molecule has 1 aliphatic rings. The van der Waals surface area contributed by atoms with Crippen molar-refractivity contribution < 1.29 is 19.1 Å². The average Bonchev–Trinajstić information content (AvgIpc) is 2.95. The molecule has 110 valence electrons. The standard InChI is InChI=1S/C15H21NO4/c1-14(2)11(6-7-15(14,3)13(18)19)12(17)16-9-10-5-4-8-20-10/h4-5,8,11H,6-7,9H2,1-3H3,(H,16,17)(H,18,19)/p-1/t11-,15+/m0/s1. The second-order valence-corrected chi connectivity index (χ2v) is 6.23. The van der Waals surface area contributed by atoms with E-state index in [-0.39, 0.29) is 11.8 Å². The van der Waals surface area contributed by atoms with Crippen LogP contribution in [0.3, 0.4) is 0 Å². The van der Waals surface area contributed by atoms with Crippen molar-refractivity contribution in [1.82, 2.24) is 5.32 Å². The summed E-state index contributed by atoms with van der Waals surface area (Å²) in [7, 11) is 0. The first-order valence-corrected chi connectivity index (χ1v) is 6.80. The fourth-order valence-electron chi connectivity index (χ4n) is 3.04. The first-order valence-electron chi connectivity index (χ1n) is 6.80. The molecule has 0 bridgehead atoms. The van der Waals surface area contributed by atoms with Crippen LogP contribution < -0.4 is 10.4 Å². The molecule has 2 rings (SSSR count). The van der Waals surface area contributed by atoms with Gasteiger partial charge in [0.2, 0.25) is 5.91 Å². The lowest BCUT2D eigenvalue weighted by Crippen LogP contribution is -2.50. The van der Waals surface area contributed by atoms with Crippen LogP contribution in [0.15, 0.2) is 22.8 Å². The molecule has 0 saturated heterocycles. The van der Waals surface area contributed by atoms with E-state index in [9.17, 15) is 14.7 Å². The van der Waals surface area contributed by atoms with Crippen LogP contribution in [0.5, 0.6) is 0 Å². The fraction of sp³-hybridized carbons (Fsp3) is 0.600. The summed E-state index contributed by atoms with van der Waals surface area (Å²) in [4.78, 5) is 23.7. The fourth-order valence-corrected chi connectivity index (χ4v) is 3.04. The van der Waals surface area contributed by atoms with E-state index in [2.05, 4.69) is 5.32 Å². The summed E-state index contributed by atoms with van der Waals surface area (Å²) < 4.78 is 5.16. The Hall–Kier alpha value is -1.78. The molecule has 0 aromatic carbocycles. The van der Waals surface area contributed by atoms with Gasteiger partial charge in [-0.25, -0.2) is 0 Å². The predicted octanol–water partition coefficient (Wildman–Crippen LogP) is 1.09. The molecular weight excluding hydrogens is 258 g/mol. The molecule has 0 aliphatic heterocycles. The predicted molar refractivity (Wildman–Crippen MR) is 70.2 cm³/mol. The van der Waals surface area contributed by atoms with E-state index >= 15 is 0 Å². The minimum atomic E-state index is -1.08. The van der Waals surface area contributed by atoms with Gasteiger partial charge in [-0.1, -0.05) is 20.8 Å². The van der Waals surface area contributed by atoms with Crippen molar-refractivity contribution in [2.75, 3.05) is 0 Å². The number of nitrogens with one attached hydrogen (secondary N) is 1. The number of furan rings is 1. The van der Waals surface area contributed by atoms with Gasteiger partial charge in [0.25, 0.3) is 0 Å². The van der Waals surface area contributed by atoms with Gasteiger partial charge in [-0.3, -0.25) is 4.79 Å². The van der Waals surface area contributed by atoms with Crippen LogP contribution in [-0.2, 0) is 16.1 Å². The lowest BCUT2D eigenvalue weighted by atomic mass is 9.65. The highest BCUT2D eigenvalue weighted by Crippen LogP contribution is 2.55. The van der Waals surface area contributed by atoms with Crippen LogP contribution in [0.2, 0.25) is 0 Å². The second kappa shape index (κ2) is 4.96. The van der Waals surface area contributed by atoms with Crippen molar-refractivity contribution in [3.05, 3.63) is 24.2 Å². The Morgan fingerprint density at radius 2 is 2.15 bits per heavy atom. The molecule has 0 radical (unpaired) electrons. The maximum atomic E-state index is 12.3. The molecule has 1 N–H and O–H groups in total. The van der Waals surface area contributed by atoms with Crippen molar-refractivity contribution in [3.8, 4) is 0 Å². The van der Waals surface area contributed by atoms with E-state index < -0.39 is 16.8 Å². The Morgan fingerprint density at radius 1 is 1.45 bits per heavy atom. The van der Waals surface area contributed by atoms with Crippen molar-refractivity contribution in [2.24, 2.45) is 16.7 Å². The third-order valence-corrected chi connectivity index (χ3v) is 5.01. The summed E-state index contributed by atoms with van der Waals surface area (Å²) in [6.07, 6.45) is 2.57. The molecule has 1 aliphatic carbocycles. The lowest BCUT2D eigenvalue weighted by Gasteiger charge is -2.41. The molecule has 20 heavy (non-hydrogen) atoms. The molecule has 0 spiro atoms. The van der Waals surface area contributed by atoms with E-state index in [1.165, 1.54) is 0 Å². The summed E-state index contributed by atoms with van der Waals surface area (Å²) in [5.41, 5.74) is -1.61. The normalized spacial score (nSPS) is 28.2. The van der Waals surface area contributed by atoms with Crippen LogP contribution in [0.25, 0.3) is 0 Å². The number of carbonyl (C=O) groups excluding carboxylic acids is 2. The monoisotopic (exact) mass is 278 g/mol. The third kappa shape index (κ3) is 2.21. The van der Waals surface area contributed by atoms with Gasteiger partial charge in [0.1, 0.15) is 5.76 Å². The number of carboxylic acid groups (broad SMARTS) is 1. The van der Waals surface area contributed by atoms with Gasteiger partial charge in [0.05, 0.1) is 12.8 Å². The molecule has 0 unspecified atom stereocenters. The SMILES string of the molecule is CC1(C)[C@H](C(=O)NCc2ccco2)CC[C@]1(C)C(=O)[O-]. The van der Waals surface area contributed by atoms with E-state index in [0.717, 1.165) is 0 Å². The maximum absolute atomic E-state index is 12.3. The number of amides is 1. The van der Waals surface area contributed by atoms with E-state index in [0.29, 0.717) is 25.1 Å². The molecule has 1 aromatic heterocycles. The number of hydrogen-bond donors (Lipinski definition) is 1. The number of carboxylic acids is 1. The highest BCUT2D eigenvalue weighted by Gasteiger charge is 2.54. The van der Waals surface area contributed by atoms with Crippen molar-refractivity contribution in [3.63, 3.8) is 0 Å². The smallest absolute Gasteiger partial charge is 0.224 e. The molecule has 1 saturated carbocycles. The summed E-state index contributed by atoms with van der Waals surface area (Å²) in [5.74, 6) is -0.864. The van der Waals surface area contributed by atoms with E-state index in [4.69, 9.17) is 4.42 Å². The molecular formula is C15H20NO4-. The lowest BCUT2D eigenvalue weighted by molar-refractivity contribution is -0.323. The van der Waals surface area contributed by atoms with Gasteiger partial charge in [-0.05, 0) is 30.4 Å². The Labute approximate surface area is 118 Å². The second-order valence-electron chi connectivity index (χ2n) is 6.23. The van der Waals surface area contributed by atoms with Crippen molar-refractivity contribution >= 4 is 11.9 Å². The summed E-state index contributed by atoms with van der Waals surface area (Å²) >= 11 is 0. The minimum Gasteiger partial charge on any atom is -0.550 e. The van der Waals surface area contributed by atoms with E-state index in [1.807, 2.05) is 13.8 Å². The molecule has 5 heteroatoms. The van der Waals surface area contributed by atoms with Gasteiger partial charge in [0, 0.05) is 17.3 Å². The van der Waals surface area contributed by atoms with Crippen LogP contribution in [0, 0.1) is 16.7 Å². The average molecular weight is 278 g/mol. The van der Waals surface area contributed by atoms with Gasteiger partial charge >= 0.3 is 0 Å². The van der Waals surface area contributed by atoms with Crippen LogP contribution in [-0.4, -0.2) is 11.9 Å². The summed E-state index contributed by atoms with van der Waals surface area (Å²) in [5, 5.41) is 14.2. The topological polar surface area (TPSA) is 82.4 Å². The Bertz CT molecular complexity index is 506. The molecule has 5 nitrogen and oxygen atoms in total. The Morgan fingerprint density at radius 3 is 2.65 bits per heavy atom. The maximum Gasteiger partial charge on any atom is 0.224 e. The molecule has 2 atom stereocenters. The van der Waals surface area contributed by atoms with Crippen LogP contribution in [0.4, 0.5) is 0 Å². The first-order chi connectivity index (χ1) is 9.29. The van der Waals surface area contributed by atoms with E-state index in [1.54, 1.807) is 25.3 Å². The van der Waals surface area contributed by atoms with Crippen LogP contribution >= 0.6 is 0 Å². The third-order valence-electron chi connectivity index (χ3n) is 5.01. The largest absolute Gasteiger partial charge is 0.550 e. The number of carbonyl (C=O) groups is 2. The molecule has 1 heterocycles. The quantitative estimate of drug-likeness (QED) is 0.893. The number of rotatable bonds is 4. The molecule has 1 aromatic rings. The molecule has 1 amide bonds. The molecule has 1 fully saturated rings. The van der Waals surface area contributed by atoms with Crippen LogP contribution in [0.1, 0.15) is 39.4 Å². The Balaban J connectivity index is 2.06. The minimum absolute atomic E-state index is 0.128.